The van der Waals surface area contributed by atoms with E-state index in [-0.39, 0.29) is 17.8 Å². The van der Waals surface area contributed by atoms with E-state index in [2.05, 4.69) is 4.98 Å². The van der Waals surface area contributed by atoms with Crippen molar-refractivity contribution < 1.29 is 13.9 Å². The molecule has 4 nitrogen and oxygen atoms in total. The van der Waals surface area contributed by atoms with E-state index in [0.29, 0.717) is 5.89 Å². The standard InChI is InChI=1S/C12H11NO3/c1-15-12(14)8-6-7(8)11-13-9-4-2-3-5-10(9)16-11/h2-5,7-8H,6H2,1H3/t7-,8-/m0/s1. The fourth-order valence-electron chi connectivity index (χ4n) is 1.93. The number of hydrogen-bond acceptors (Lipinski definition) is 4. The van der Waals surface area contributed by atoms with Gasteiger partial charge >= 0.3 is 5.97 Å². The van der Waals surface area contributed by atoms with Gasteiger partial charge in [-0.1, -0.05) is 12.1 Å². The van der Waals surface area contributed by atoms with Crippen molar-refractivity contribution in [2.24, 2.45) is 5.92 Å². The molecule has 1 heterocycles. The van der Waals surface area contributed by atoms with E-state index in [1.54, 1.807) is 0 Å². The first-order valence-electron chi connectivity index (χ1n) is 5.23. The predicted octanol–water partition coefficient (Wildman–Crippen LogP) is 2.10. The van der Waals surface area contributed by atoms with Gasteiger partial charge in [0, 0.05) is 5.92 Å². The first-order valence-corrected chi connectivity index (χ1v) is 5.23. The normalized spacial score (nSPS) is 23.3. The summed E-state index contributed by atoms with van der Waals surface area (Å²) in [5, 5.41) is 0. The first kappa shape index (κ1) is 9.39. The summed E-state index contributed by atoms with van der Waals surface area (Å²) < 4.78 is 10.3. The van der Waals surface area contributed by atoms with Gasteiger partial charge in [0.25, 0.3) is 0 Å². The molecule has 0 spiro atoms. The molecule has 0 N–H and O–H groups in total. The van der Waals surface area contributed by atoms with Gasteiger partial charge in [-0.2, -0.15) is 0 Å². The lowest BCUT2D eigenvalue weighted by Crippen LogP contribution is -2.03. The highest BCUT2D eigenvalue weighted by Gasteiger charge is 2.48. The highest BCUT2D eigenvalue weighted by molar-refractivity contribution is 5.77. The molecule has 0 unspecified atom stereocenters. The molecular weight excluding hydrogens is 206 g/mol. The number of rotatable bonds is 2. The van der Waals surface area contributed by atoms with E-state index in [0.717, 1.165) is 17.5 Å². The quantitative estimate of drug-likeness (QED) is 0.723. The van der Waals surface area contributed by atoms with Gasteiger partial charge in [-0.25, -0.2) is 4.98 Å². The minimum absolute atomic E-state index is 0.0712. The van der Waals surface area contributed by atoms with Gasteiger partial charge in [-0.3, -0.25) is 4.79 Å². The summed E-state index contributed by atoms with van der Waals surface area (Å²) in [7, 11) is 1.41. The zero-order valence-electron chi connectivity index (χ0n) is 8.84. The van der Waals surface area contributed by atoms with E-state index >= 15 is 0 Å². The number of carbonyl (C=O) groups is 1. The maximum Gasteiger partial charge on any atom is 0.309 e. The monoisotopic (exact) mass is 217 g/mol. The van der Waals surface area contributed by atoms with Crippen LogP contribution in [0.25, 0.3) is 11.1 Å². The molecule has 82 valence electrons. The SMILES string of the molecule is COC(=O)[C@H]1C[C@@H]1c1nc2ccccc2o1. The van der Waals surface area contributed by atoms with Crippen molar-refractivity contribution in [1.82, 2.24) is 4.98 Å². The van der Waals surface area contributed by atoms with Crippen LogP contribution in [-0.4, -0.2) is 18.1 Å². The topological polar surface area (TPSA) is 52.3 Å². The molecule has 1 aromatic carbocycles. The van der Waals surface area contributed by atoms with E-state index in [1.165, 1.54) is 7.11 Å². The van der Waals surface area contributed by atoms with Crippen LogP contribution in [0.5, 0.6) is 0 Å². The molecule has 2 atom stereocenters. The first-order chi connectivity index (χ1) is 7.79. The fraction of sp³-hybridized carbons (Fsp3) is 0.333. The molecule has 0 amide bonds. The van der Waals surface area contributed by atoms with E-state index in [4.69, 9.17) is 9.15 Å². The second-order valence-electron chi connectivity index (χ2n) is 3.99. The summed E-state index contributed by atoms with van der Waals surface area (Å²) in [6.07, 6.45) is 0.777. The highest BCUT2D eigenvalue weighted by Crippen LogP contribution is 2.48. The van der Waals surface area contributed by atoms with Crippen LogP contribution in [0.3, 0.4) is 0 Å². The third-order valence-electron chi connectivity index (χ3n) is 2.92. The lowest BCUT2D eigenvalue weighted by Gasteiger charge is -1.94. The summed E-state index contributed by atoms with van der Waals surface area (Å²) >= 11 is 0. The van der Waals surface area contributed by atoms with Crippen LogP contribution in [0.2, 0.25) is 0 Å². The van der Waals surface area contributed by atoms with E-state index in [1.807, 2.05) is 24.3 Å². The van der Waals surface area contributed by atoms with Crippen LogP contribution in [0.1, 0.15) is 18.2 Å². The Morgan fingerprint density at radius 2 is 2.31 bits per heavy atom. The largest absolute Gasteiger partial charge is 0.469 e. The third kappa shape index (κ3) is 1.38. The number of ether oxygens (including phenoxy) is 1. The fourth-order valence-corrected chi connectivity index (χ4v) is 1.93. The molecule has 1 aliphatic rings. The summed E-state index contributed by atoms with van der Waals surface area (Å²) in [4.78, 5) is 15.6. The molecule has 1 aromatic heterocycles. The van der Waals surface area contributed by atoms with Gasteiger partial charge in [0.15, 0.2) is 11.5 Å². The zero-order valence-corrected chi connectivity index (χ0v) is 8.84. The summed E-state index contributed by atoms with van der Waals surface area (Å²) in [5.74, 6) is 0.502. The van der Waals surface area contributed by atoms with Crippen LogP contribution in [0.15, 0.2) is 28.7 Å². The Balaban J connectivity index is 1.89. The summed E-state index contributed by atoms with van der Waals surface area (Å²) in [6, 6.07) is 7.60. The molecule has 0 saturated heterocycles. The zero-order chi connectivity index (χ0) is 11.1. The lowest BCUT2D eigenvalue weighted by atomic mass is 10.3. The number of oxazole rings is 1. The number of aromatic nitrogens is 1. The molecule has 1 saturated carbocycles. The van der Waals surface area contributed by atoms with Crippen molar-refractivity contribution in [3.8, 4) is 0 Å². The smallest absolute Gasteiger partial charge is 0.309 e. The van der Waals surface area contributed by atoms with Gasteiger partial charge in [0.05, 0.1) is 13.0 Å². The van der Waals surface area contributed by atoms with Crippen molar-refractivity contribution in [3.05, 3.63) is 30.2 Å². The van der Waals surface area contributed by atoms with Crippen LogP contribution < -0.4 is 0 Å². The average Bonchev–Trinajstić information content (AvgIpc) is 3.00. The number of carbonyl (C=O) groups excluding carboxylic acids is 1. The Hall–Kier alpha value is -1.84. The van der Waals surface area contributed by atoms with Crippen LogP contribution in [0.4, 0.5) is 0 Å². The van der Waals surface area contributed by atoms with Gasteiger partial charge in [0.1, 0.15) is 5.52 Å². The second-order valence-corrected chi connectivity index (χ2v) is 3.99. The minimum atomic E-state index is -0.174. The minimum Gasteiger partial charge on any atom is -0.469 e. The lowest BCUT2D eigenvalue weighted by molar-refractivity contribution is -0.142. The van der Waals surface area contributed by atoms with Crippen molar-refractivity contribution in [2.45, 2.75) is 12.3 Å². The number of para-hydroxylation sites is 2. The molecule has 1 aliphatic carbocycles. The average molecular weight is 217 g/mol. The van der Waals surface area contributed by atoms with Crippen molar-refractivity contribution in [2.75, 3.05) is 7.11 Å². The number of methoxy groups -OCH3 is 1. The molecule has 4 heteroatoms. The molecule has 3 rings (SSSR count). The van der Waals surface area contributed by atoms with Gasteiger partial charge in [-0.05, 0) is 18.6 Å². The molecule has 0 bridgehead atoms. The van der Waals surface area contributed by atoms with Crippen molar-refractivity contribution in [3.63, 3.8) is 0 Å². The molecular formula is C12H11NO3. The van der Waals surface area contributed by atoms with Gasteiger partial charge < -0.3 is 9.15 Å². The van der Waals surface area contributed by atoms with Crippen LogP contribution in [0, 0.1) is 5.92 Å². The van der Waals surface area contributed by atoms with Crippen LogP contribution >= 0.6 is 0 Å². The molecule has 0 radical (unpaired) electrons. The Morgan fingerprint density at radius 3 is 3.06 bits per heavy atom. The van der Waals surface area contributed by atoms with Crippen molar-refractivity contribution >= 4 is 17.1 Å². The molecule has 2 aromatic rings. The molecule has 1 fully saturated rings. The maximum absolute atomic E-state index is 11.3. The Morgan fingerprint density at radius 1 is 1.50 bits per heavy atom. The number of nitrogens with zero attached hydrogens (tertiary/aromatic N) is 1. The highest BCUT2D eigenvalue weighted by atomic mass is 16.5. The molecule has 0 aliphatic heterocycles. The van der Waals surface area contributed by atoms with Crippen molar-refractivity contribution in [1.29, 1.82) is 0 Å². The maximum atomic E-state index is 11.3. The number of benzene rings is 1. The number of hydrogen-bond donors (Lipinski definition) is 0. The van der Waals surface area contributed by atoms with Crippen LogP contribution in [-0.2, 0) is 9.53 Å². The van der Waals surface area contributed by atoms with E-state index < -0.39 is 0 Å². The molecule has 16 heavy (non-hydrogen) atoms. The number of esters is 1. The Kier molecular flexibility index (Phi) is 1.96. The Bertz CT molecular complexity index is 513. The predicted molar refractivity (Wildman–Crippen MR) is 56.9 cm³/mol. The summed E-state index contributed by atoms with van der Waals surface area (Å²) in [6.45, 7) is 0. The van der Waals surface area contributed by atoms with Gasteiger partial charge in [0.2, 0.25) is 0 Å². The number of fused-ring (bicyclic) bond motifs is 1. The van der Waals surface area contributed by atoms with E-state index in [9.17, 15) is 4.79 Å². The third-order valence-corrected chi connectivity index (χ3v) is 2.92. The Labute approximate surface area is 92.2 Å². The second kappa shape index (κ2) is 3.33. The van der Waals surface area contributed by atoms with Gasteiger partial charge in [-0.15, -0.1) is 0 Å². The summed E-state index contributed by atoms with van der Waals surface area (Å²) in [5.41, 5.74) is 1.61.